The fourth-order valence-electron chi connectivity index (χ4n) is 1.84. The van der Waals surface area contributed by atoms with Crippen LogP contribution in [0.2, 0.25) is 0 Å². The van der Waals surface area contributed by atoms with Gasteiger partial charge in [0.25, 0.3) is 11.5 Å². The monoisotopic (exact) mass is 297 g/mol. The first-order chi connectivity index (χ1) is 10.2. The highest BCUT2D eigenvalue weighted by Gasteiger charge is 2.12. The number of nitrogens with one attached hydrogen (secondary N) is 2. The Hall–Kier alpha value is -2.73. The number of aromatic nitrogens is 2. The number of hydrogen-bond acceptors (Lipinski definition) is 4. The van der Waals surface area contributed by atoms with Gasteiger partial charge in [-0.05, 0) is 12.1 Å². The number of carbonyl (C=O) groups excluding carboxylic acids is 1. The van der Waals surface area contributed by atoms with Crippen molar-refractivity contribution in [3.8, 4) is 11.3 Å². The molecule has 0 saturated heterocycles. The Morgan fingerprint density at radius 3 is 2.71 bits per heavy atom. The quantitative estimate of drug-likeness (QED) is 0.780. The zero-order chi connectivity index (χ0) is 14.7. The number of aromatic amines is 1. The van der Waals surface area contributed by atoms with E-state index in [2.05, 4.69) is 15.3 Å². The fraction of sp³-hybridized carbons (Fsp3) is 0. The first kappa shape index (κ1) is 13.3. The number of carbonyl (C=O) groups is 1. The number of hydrogen-bond donors (Lipinski definition) is 2. The third-order valence-corrected chi connectivity index (χ3v) is 3.61. The van der Waals surface area contributed by atoms with Crippen LogP contribution in [0.15, 0.2) is 58.8 Å². The van der Waals surface area contributed by atoms with Crippen LogP contribution in [0.1, 0.15) is 10.4 Å². The largest absolute Gasteiger partial charge is 0.328 e. The molecule has 0 radical (unpaired) electrons. The Kier molecular flexibility index (Phi) is 3.61. The molecule has 2 N–H and O–H groups in total. The highest BCUT2D eigenvalue weighted by atomic mass is 32.1. The molecule has 0 saturated carbocycles. The molecule has 0 aliphatic rings. The SMILES string of the molecule is O=C(Nc1nc(-c2ccccc2)cs1)c1ccc[nH]c1=O. The summed E-state index contributed by atoms with van der Waals surface area (Å²) in [4.78, 5) is 30.4. The van der Waals surface area contributed by atoms with E-state index in [0.29, 0.717) is 5.13 Å². The Balaban J connectivity index is 1.81. The van der Waals surface area contributed by atoms with E-state index in [9.17, 15) is 9.59 Å². The molecule has 0 unspecified atom stereocenters. The number of thiazole rings is 1. The van der Waals surface area contributed by atoms with Gasteiger partial charge < -0.3 is 4.98 Å². The summed E-state index contributed by atoms with van der Waals surface area (Å²) in [6, 6.07) is 12.8. The van der Waals surface area contributed by atoms with E-state index in [4.69, 9.17) is 0 Å². The predicted octanol–water partition coefficient (Wildman–Crippen LogP) is 2.75. The van der Waals surface area contributed by atoms with E-state index in [1.807, 2.05) is 35.7 Å². The Morgan fingerprint density at radius 1 is 1.14 bits per heavy atom. The maximum Gasteiger partial charge on any atom is 0.263 e. The minimum atomic E-state index is -0.467. The number of benzene rings is 1. The van der Waals surface area contributed by atoms with E-state index in [0.717, 1.165) is 11.3 Å². The molecule has 1 aromatic carbocycles. The summed E-state index contributed by atoms with van der Waals surface area (Å²) in [5.74, 6) is -0.467. The summed E-state index contributed by atoms with van der Waals surface area (Å²) in [6.45, 7) is 0. The lowest BCUT2D eigenvalue weighted by Gasteiger charge is -2.00. The van der Waals surface area contributed by atoms with Gasteiger partial charge >= 0.3 is 0 Å². The second kappa shape index (κ2) is 5.72. The van der Waals surface area contributed by atoms with Gasteiger partial charge in [-0.15, -0.1) is 11.3 Å². The van der Waals surface area contributed by atoms with Gasteiger partial charge in [-0.1, -0.05) is 30.3 Å². The molecule has 0 atom stereocenters. The van der Waals surface area contributed by atoms with E-state index in [1.54, 1.807) is 6.07 Å². The summed E-state index contributed by atoms with van der Waals surface area (Å²) < 4.78 is 0. The van der Waals surface area contributed by atoms with Gasteiger partial charge in [-0.2, -0.15) is 0 Å². The predicted molar refractivity (Wildman–Crippen MR) is 82.6 cm³/mol. The van der Waals surface area contributed by atoms with Crippen LogP contribution in [-0.2, 0) is 0 Å². The van der Waals surface area contributed by atoms with Crippen molar-refractivity contribution in [2.24, 2.45) is 0 Å². The van der Waals surface area contributed by atoms with Crippen LogP contribution >= 0.6 is 11.3 Å². The van der Waals surface area contributed by atoms with Crippen molar-refractivity contribution in [2.45, 2.75) is 0 Å². The normalized spacial score (nSPS) is 10.3. The lowest BCUT2D eigenvalue weighted by atomic mass is 10.2. The van der Waals surface area contributed by atoms with Gasteiger partial charge in [0.2, 0.25) is 0 Å². The Morgan fingerprint density at radius 2 is 1.95 bits per heavy atom. The van der Waals surface area contributed by atoms with Crippen molar-refractivity contribution in [3.05, 3.63) is 70.0 Å². The zero-order valence-corrected chi connectivity index (χ0v) is 11.7. The average Bonchev–Trinajstić information content (AvgIpc) is 2.97. The van der Waals surface area contributed by atoms with Gasteiger partial charge in [0.15, 0.2) is 5.13 Å². The van der Waals surface area contributed by atoms with Crippen LogP contribution in [0, 0.1) is 0 Å². The second-order valence-corrected chi connectivity index (χ2v) is 5.13. The maximum atomic E-state index is 12.0. The third-order valence-electron chi connectivity index (χ3n) is 2.86. The number of pyridine rings is 1. The van der Waals surface area contributed by atoms with Crippen molar-refractivity contribution >= 4 is 22.4 Å². The standard InChI is InChI=1S/C15H11N3O2S/c19-13-11(7-4-8-16-13)14(20)18-15-17-12(9-21-15)10-5-2-1-3-6-10/h1-9H,(H,16,19)(H,17,18,20). The highest BCUT2D eigenvalue weighted by molar-refractivity contribution is 7.14. The number of rotatable bonds is 3. The van der Waals surface area contributed by atoms with Crippen LogP contribution in [0.3, 0.4) is 0 Å². The van der Waals surface area contributed by atoms with Crippen LogP contribution in [0.25, 0.3) is 11.3 Å². The van der Waals surface area contributed by atoms with E-state index in [1.165, 1.54) is 23.6 Å². The number of amides is 1. The summed E-state index contributed by atoms with van der Waals surface area (Å²) in [7, 11) is 0. The topological polar surface area (TPSA) is 74.8 Å². The first-order valence-electron chi connectivity index (χ1n) is 6.24. The second-order valence-electron chi connectivity index (χ2n) is 4.27. The van der Waals surface area contributed by atoms with Gasteiger partial charge in [0.05, 0.1) is 5.69 Å². The summed E-state index contributed by atoms with van der Waals surface area (Å²) in [5, 5.41) is 4.96. The summed E-state index contributed by atoms with van der Waals surface area (Å²) in [5.41, 5.74) is 1.41. The molecule has 0 spiro atoms. The summed E-state index contributed by atoms with van der Waals surface area (Å²) in [6.07, 6.45) is 1.48. The molecule has 1 amide bonds. The van der Waals surface area contributed by atoms with Crippen molar-refractivity contribution in [1.29, 1.82) is 0 Å². The van der Waals surface area contributed by atoms with Gasteiger partial charge in [-0.3, -0.25) is 14.9 Å². The summed E-state index contributed by atoms with van der Waals surface area (Å²) >= 11 is 1.32. The van der Waals surface area contributed by atoms with E-state index >= 15 is 0 Å². The zero-order valence-electron chi connectivity index (χ0n) is 10.9. The molecule has 0 aliphatic carbocycles. The Labute approximate surface area is 124 Å². The van der Waals surface area contributed by atoms with Crippen molar-refractivity contribution in [3.63, 3.8) is 0 Å². The average molecular weight is 297 g/mol. The third kappa shape index (κ3) is 2.90. The van der Waals surface area contributed by atoms with Crippen molar-refractivity contribution < 1.29 is 4.79 Å². The van der Waals surface area contributed by atoms with Crippen LogP contribution in [0.5, 0.6) is 0 Å². The van der Waals surface area contributed by atoms with E-state index < -0.39 is 11.5 Å². The minimum absolute atomic E-state index is 0.0639. The van der Waals surface area contributed by atoms with Crippen molar-refractivity contribution in [1.82, 2.24) is 9.97 Å². The lowest BCUT2D eigenvalue weighted by Crippen LogP contribution is -2.22. The molecule has 2 heterocycles. The van der Waals surface area contributed by atoms with Crippen LogP contribution in [-0.4, -0.2) is 15.9 Å². The molecular formula is C15H11N3O2S. The first-order valence-corrected chi connectivity index (χ1v) is 7.12. The van der Waals surface area contributed by atoms with Gasteiger partial charge in [0, 0.05) is 17.1 Å². The highest BCUT2D eigenvalue weighted by Crippen LogP contribution is 2.24. The molecule has 3 rings (SSSR count). The molecule has 0 bridgehead atoms. The van der Waals surface area contributed by atoms with Crippen LogP contribution in [0.4, 0.5) is 5.13 Å². The Bertz CT molecular complexity index is 824. The molecule has 104 valence electrons. The fourth-order valence-corrected chi connectivity index (χ4v) is 2.55. The van der Waals surface area contributed by atoms with Crippen molar-refractivity contribution in [2.75, 3.05) is 5.32 Å². The number of H-pyrrole nitrogens is 1. The van der Waals surface area contributed by atoms with Crippen LogP contribution < -0.4 is 10.9 Å². The molecule has 2 aromatic heterocycles. The van der Waals surface area contributed by atoms with E-state index in [-0.39, 0.29) is 5.56 Å². The molecule has 0 fully saturated rings. The number of anilines is 1. The molecule has 0 aliphatic heterocycles. The lowest BCUT2D eigenvalue weighted by molar-refractivity contribution is 0.102. The molecule has 21 heavy (non-hydrogen) atoms. The number of nitrogens with zero attached hydrogens (tertiary/aromatic N) is 1. The molecule has 3 aromatic rings. The van der Waals surface area contributed by atoms with Gasteiger partial charge in [0.1, 0.15) is 5.56 Å². The smallest absolute Gasteiger partial charge is 0.263 e. The molecule has 5 nitrogen and oxygen atoms in total. The molecule has 6 heteroatoms. The maximum absolute atomic E-state index is 12.0. The van der Waals surface area contributed by atoms with Gasteiger partial charge in [-0.25, -0.2) is 4.98 Å². The molecular weight excluding hydrogens is 286 g/mol. The minimum Gasteiger partial charge on any atom is -0.328 e.